The smallest absolute Gasteiger partial charge is 0.344 e. The number of benzene rings is 3. The van der Waals surface area contributed by atoms with Crippen LogP contribution in [-0.2, 0) is 6.54 Å². The first-order valence-electron chi connectivity index (χ1n) is 10.2. The van der Waals surface area contributed by atoms with Gasteiger partial charge in [0, 0.05) is 0 Å². The number of nitrogens with one attached hydrogen (secondary N) is 1. The van der Waals surface area contributed by atoms with Gasteiger partial charge in [-0.1, -0.05) is 78.9 Å². The number of amides is 1. The first kappa shape index (κ1) is 21.0. The number of carbonyl (C=O) groups excluding carboxylic acids is 1. The van der Waals surface area contributed by atoms with E-state index in [0.717, 1.165) is 20.4 Å². The molecule has 0 spiro atoms. The van der Waals surface area contributed by atoms with E-state index in [1.165, 1.54) is 0 Å². The molecule has 3 aromatic carbocycles. The minimum Gasteiger partial charge on any atom is -0.344 e. The van der Waals surface area contributed by atoms with Crippen LogP contribution in [0.5, 0.6) is 0 Å². The van der Waals surface area contributed by atoms with Gasteiger partial charge in [0.15, 0.2) is 0 Å². The normalized spacial score (nSPS) is 11.7. The average molecular weight is 426 g/mol. The fraction of sp³-hybridized carbons (Fsp3) is 0.120. The van der Waals surface area contributed by atoms with Crippen LogP contribution in [0.25, 0.3) is 5.69 Å². The Balaban J connectivity index is 1.79. The van der Waals surface area contributed by atoms with Gasteiger partial charge >= 0.3 is 5.69 Å². The van der Waals surface area contributed by atoms with Gasteiger partial charge in [0.25, 0.3) is 11.5 Å². The Kier molecular flexibility index (Phi) is 6.07. The zero-order chi connectivity index (χ0) is 22.5. The van der Waals surface area contributed by atoms with Crippen molar-refractivity contribution in [1.82, 2.24) is 19.7 Å². The van der Waals surface area contributed by atoms with Gasteiger partial charge in [-0.25, -0.2) is 4.79 Å². The number of aromatic nitrogens is 3. The monoisotopic (exact) mass is 426 g/mol. The second kappa shape index (κ2) is 9.26. The molecule has 0 radical (unpaired) electrons. The third-order valence-electron chi connectivity index (χ3n) is 5.11. The molecular weight excluding hydrogens is 404 g/mol. The van der Waals surface area contributed by atoms with Crippen molar-refractivity contribution in [1.29, 1.82) is 0 Å². The molecule has 160 valence electrons. The van der Waals surface area contributed by atoms with Crippen molar-refractivity contribution < 1.29 is 4.79 Å². The Labute approximate surface area is 184 Å². The minimum absolute atomic E-state index is 0.0301. The summed E-state index contributed by atoms with van der Waals surface area (Å²) in [5.74, 6) is -0.641. The highest BCUT2D eigenvalue weighted by molar-refractivity contribution is 5.92. The SMILES string of the molecule is CC(NC(=O)c1nn(-c2ccccc2)c(=O)n(Cc2ccccc2)c1=O)c1ccccc1. The van der Waals surface area contributed by atoms with E-state index in [1.54, 1.807) is 24.3 Å². The van der Waals surface area contributed by atoms with Crippen LogP contribution >= 0.6 is 0 Å². The summed E-state index contributed by atoms with van der Waals surface area (Å²) in [6.07, 6.45) is 0. The molecule has 1 N–H and O–H groups in total. The number of para-hydroxylation sites is 1. The number of rotatable bonds is 6. The Bertz CT molecular complexity index is 1330. The molecule has 0 aliphatic rings. The molecule has 0 aliphatic carbocycles. The first-order chi connectivity index (χ1) is 15.5. The molecule has 7 nitrogen and oxygen atoms in total. The second-order valence-corrected chi connectivity index (χ2v) is 7.36. The van der Waals surface area contributed by atoms with Gasteiger partial charge in [0.2, 0.25) is 5.69 Å². The highest BCUT2D eigenvalue weighted by Gasteiger charge is 2.22. The van der Waals surface area contributed by atoms with Crippen molar-refractivity contribution in [3.05, 3.63) is 129 Å². The largest absolute Gasteiger partial charge is 0.352 e. The summed E-state index contributed by atoms with van der Waals surface area (Å²) in [5.41, 5.74) is 0.432. The fourth-order valence-electron chi connectivity index (χ4n) is 3.39. The lowest BCUT2D eigenvalue weighted by atomic mass is 10.1. The molecule has 0 aliphatic heterocycles. The molecular formula is C25H22N4O3. The maximum atomic E-state index is 13.2. The Morgan fingerprint density at radius 2 is 1.44 bits per heavy atom. The lowest BCUT2D eigenvalue weighted by Crippen LogP contribution is -2.46. The molecule has 1 aromatic heterocycles. The number of hydrogen-bond acceptors (Lipinski definition) is 4. The molecule has 1 atom stereocenters. The zero-order valence-electron chi connectivity index (χ0n) is 17.5. The van der Waals surface area contributed by atoms with E-state index in [4.69, 9.17) is 0 Å². The quantitative estimate of drug-likeness (QED) is 0.514. The van der Waals surface area contributed by atoms with Gasteiger partial charge in [0.1, 0.15) is 0 Å². The van der Waals surface area contributed by atoms with E-state index >= 15 is 0 Å². The molecule has 0 fully saturated rings. The molecule has 0 saturated heterocycles. The zero-order valence-corrected chi connectivity index (χ0v) is 17.5. The van der Waals surface area contributed by atoms with E-state index in [2.05, 4.69) is 10.4 Å². The van der Waals surface area contributed by atoms with E-state index in [9.17, 15) is 14.4 Å². The van der Waals surface area contributed by atoms with Crippen LogP contribution in [0.3, 0.4) is 0 Å². The predicted octanol–water partition coefficient (Wildman–Crippen LogP) is 2.93. The van der Waals surface area contributed by atoms with Crippen molar-refractivity contribution in [2.45, 2.75) is 19.5 Å². The summed E-state index contributed by atoms with van der Waals surface area (Å²) in [5, 5.41) is 6.96. The maximum absolute atomic E-state index is 13.2. The van der Waals surface area contributed by atoms with E-state index in [-0.39, 0.29) is 18.3 Å². The Morgan fingerprint density at radius 3 is 2.06 bits per heavy atom. The van der Waals surface area contributed by atoms with Crippen molar-refractivity contribution in [3.63, 3.8) is 0 Å². The summed E-state index contributed by atoms with van der Waals surface area (Å²) in [7, 11) is 0. The van der Waals surface area contributed by atoms with Gasteiger partial charge in [-0.3, -0.25) is 14.2 Å². The fourth-order valence-corrected chi connectivity index (χ4v) is 3.39. The van der Waals surface area contributed by atoms with Crippen LogP contribution in [0, 0.1) is 0 Å². The van der Waals surface area contributed by atoms with Gasteiger partial charge in [-0.15, -0.1) is 0 Å². The van der Waals surface area contributed by atoms with Gasteiger partial charge in [-0.2, -0.15) is 9.78 Å². The van der Waals surface area contributed by atoms with Crippen LogP contribution in [0.4, 0.5) is 0 Å². The molecule has 0 saturated carbocycles. The Morgan fingerprint density at radius 1 is 0.875 bits per heavy atom. The lowest BCUT2D eigenvalue weighted by Gasteiger charge is -2.15. The molecule has 7 heteroatoms. The molecule has 1 unspecified atom stereocenters. The van der Waals surface area contributed by atoms with Crippen LogP contribution < -0.4 is 16.6 Å². The summed E-state index contributed by atoms with van der Waals surface area (Å²) >= 11 is 0. The number of carbonyl (C=O) groups is 1. The standard InChI is InChI=1S/C25H22N4O3/c1-18(20-13-7-3-8-14-20)26-23(30)22-24(31)28(17-19-11-5-2-6-12-19)25(32)29(27-22)21-15-9-4-10-16-21/h2-16,18H,17H2,1H3,(H,26,30). The molecule has 1 heterocycles. The topological polar surface area (TPSA) is 86.0 Å². The van der Waals surface area contributed by atoms with E-state index in [0.29, 0.717) is 5.69 Å². The van der Waals surface area contributed by atoms with E-state index < -0.39 is 17.2 Å². The summed E-state index contributed by atoms with van der Waals surface area (Å²) in [6, 6.07) is 26.9. The van der Waals surface area contributed by atoms with Crippen molar-refractivity contribution in [2.24, 2.45) is 0 Å². The van der Waals surface area contributed by atoms with Gasteiger partial charge in [0.05, 0.1) is 18.3 Å². The number of nitrogens with zero attached hydrogens (tertiary/aromatic N) is 3. The molecule has 32 heavy (non-hydrogen) atoms. The molecule has 4 aromatic rings. The molecule has 4 rings (SSSR count). The maximum Gasteiger partial charge on any atom is 0.352 e. The molecule has 1 amide bonds. The average Bonchev–Trinajstić information content (AvgIpc) is 2.83. The van der Waals surface area contributed by atoms with Crippen molar-refractivity contribution >= 4 is 5.91 Å². The van der Waals surface area contributed by atoms with Crippen molar-refractivity contribution in [2.75, 3.05) is 0 Å². The second-order valence-electron chi connectivity index (χ2n) is 7.36. The van der Waals surface area contributed by atoms with E-state index in [1.807, 2.05) is 73.7 Å². The highest BCUT2D eigenvalue weighted by Crippen LogP contribution is 2.11. The van der Waals surface area contributed by atoms with Crippen LogP contribution in [-0.4, -0.2) is 20.3 Å². The van der Waals surface area contributed by atoms with Crippen LogP contribution in [0.1, 0.15) is 34.6 Å². The first-order valence-corrected chi connectivity index (χ1v) is 10.2. The summed E-state index contributed by atoms with van der Waals surface area (Å²) < 4.78 is 2.13. The predicted molar refractivity (Wildman–Crippen MR) is 122 cm³/mol. The molecule has 0 bridgehead atoms. The minimum atomic E-state index is -0.733. The third kappa shape index (κ3) is 4.41. The van der Waals surface area contributed by atoms with Crippen LogP contribution in [0.2, 0.25) is 0 Å². The van der Waals surface area contributed by atoms with Gasteiger partial charge < -0.3 is 5.32 Å². The van der Waals surface area contributed by atoms with Crippen molar-refractivity contribution in [3.8, 4) is 5.69 Å². The highest BCUT2D eigenvalue weighted by atomic mass is 16.2. The Hall–Kier alpha value is -4.26. The lowest BCUT2D eigenvalue weighted by molar-refractivity contribution is 0.0930. The van der Waals surface area contributed by atoms with Crippen LogP contribution in [0.15, 0.2) is 101 Å². The number of hydrogen-bond donors (Lipinski definition) is 1. The third-order valence-corrected chi connectivity index (χ3v) is 5.11. The summed E-state index contributed by atoms with van der Waals surface area (Å²) in [6.45, 7) is 1.85. The van der Waals surface area contributed by atoms with Gasteiger partial charge in [-0.05, 0) is 30.2 Å². The summed E-state index contributed by atoms with van der Waals surface area (Å²) in [4.78, 5) is 39.4.